The molecule has 0 amide bonds. The van der Waals surface area contributed by atoms with Crippen LogP contribution in [0, 0.1) is 0 Å². The molecule has 2 rings (SSSR count). The second-order valence-corrected chi connectivity index (χ2v) is 3.51. The number of hydrogen-bond acceptors (Lipinski definition) is 3. The molecule has 0 spiro atoms. The van der Waals surface area contributed by atoms with E-state index in [1.807, 2.05) is 25.2 Å². The summed E-state index contributed by atoms with van der Waals surface area (Å²) in [6, 6.07) is 5.55. The third kappa shape index (κ3) is 1.80. The highest BCUT2D eigenvalue weighted by Crippen LogP contribution is 2.21. The monoisotopic (exact) mass is 205 g/mol. The Kier molecular flexibility index (Phi) is 2.60. The molecule has 0 radical (unpaired) electrons. The minimum absolute atomic E-state index is 0.238. The number of nitrogens with zero attached hydrogens (tertiary/aromatic N) is 2. The summed E-state index contributed by atoms with van der Waals surface area (Å²) in [4.78, 5) is 0. The lowest BCUT2D eigenvalue weighted by Crippen LogP contribution is -2.15. The van der Waals surface area contributed by atoms with E-state index < -0.39 is 0 Å². The van der Waals surface area contributed by atoms with Crippen molar-refractivity contribution >= 4 is 0 Å². The number of nitrogens with two attached hydrogens (primary N) is 1. The molecule has 0 aromatic carbocycles. The minimum Gasteiger partial charge on any atom is -0.464 e. The van der Waals surface area contributed by atoms with Gasteiger partial charge in [-0.25, -0.2) is 0 Å². The van der Waals surface area contributed by atoms with Crippen LogP contribution in [0.15, 0.2) is 28.8 Å². The molecule has 1 atom stereocenters. The molecule has 15 heavy (non-hydrogen) atoms. The first-order valence-corrected chi connectivity index (χ1v) is 5.04. The van der Waals surface area contributed by atoms with Crippen LogP contribution in [0.1, 0.15) is 30.2 Å². The van der Waals surface area contributed by atoms with Crippen LogP contribution in [0.3, 0.4) is 0 Å². The first-order valence-electron chi connectivity index (χ1n) is 5.04. The third-order valence-corrected chi connectivity index (χ3v) is 2.51. The Hall–Kier alpha value is -1.55. The highest BCUT2D eigenvalue weighted by molar-refractivity contribution is 5.20. The van der Waals surface area contributed by atoms with Gasteiger partial charge in [-0.1, -0.05) is 6.92 Å². The summed E-state index contributed by atoms with van der Waals surface area (Å²) in [6.07, 6.45) is 2.62. The van der Waals surface area contributed by atoms with Crippen molar-refractivity contribution in [1.29, 1.82) is 0 Å². The Morgan fingerprint density at radius 3 is 2.80 bits per heavy atom. The van der Waals surface area contributed by atoms with E-state index in [-0.39, 0.29) is 6.04 Å². The third-order valence-electron chi connectivity index (χ3n) is 2.51. The lowest BCUT2D eigenvalue weighted by Gasteiger charge is -2.08. The molecule has 2 aromatic rings. The Balaban J connectivity index is 2.28. The SMILES string of the molecule is CCc1ccc(C(N)c2ccnn2C)o1. The normalized spacial score (nSPS) is 13.0. The van der Waals surface area contributed by atoms with Gasteiger partial charge in [0.1, 0.15) is 17.6 Å². The van der Waals surface area contributed by atoms with E-state index in [2.05, 4.69) is 12.0 Å². The van der Waals surface area contributed by atoms with Crippen LogP contribution >= 0.6 is 0 Å². The Bertz CT molecular complexity index is 444. The molecule has 2 N–H and O–H groups in total. The van der Waals surface area contributed by atoms with Crippen molar-refractivity contribution in [1.82, 2.24) is 9.78 Å². The molecule has 80 valence electrons. The second kappa shape index (κ2) is 3.90. The van der Waals surface area contributed by atoms with Crippen LogP contribution in [0.25, 0.3) is 0 Å². The van der Waals surface area contributed by atoms with Gasteiger partial charge in [-0.3, -0.25) is 4.68 Å². The van der Waals surface area contributed by atoms with Crippen molar-refractivity contribution in [2.45, 2.75) is 19.4 Å². The van der Waals surface area contributed by atoms with Crippen molar-refractivity contribution < 1.29 is 4.42 Å². The van der Waals surface area contributed by atoms with E-state index in [1.54, 1.807) is 10.9 Å². The molecule has 4 nitrogen and oxygen atoms in total. The zero-order chi connectivity index (χ0) is 10.8. The fraction of sp³-hybridized carbons (Fsp3) is 0.364. The highest BCUT2D eigenvalue weighted by atomic mass is 16.3. The van der Waals surface area contributed by atoms with Gasteiger partial charge in [-0.05, 0) is 18.2 Å². The van der Waals surface area contributed by atoms with Gasteiger partial charge in [0.05, 0.1) is 5.69 Å². The summed E-state index contributed by atoms with van der Waals surface area (Å²) >= 11 is 0. The van der Waals surface area contributed by atoms with Crippen molar-refractivity contribution in [2.24, 2.45) is 12.8 Å². The van der Waals surface area contributed by atoms with Gasteiger partial charge >= 0.3 is 0 Å². The van der Waals surface area contributed by atoms with Crippen LogP contribution in [-0.2, 0) is 13.5 Å². The van der Waals surface area contributed by atoms with Crippen LogP contribution < -0.4 is 5.73 Å². The van der Waals surface area contributed by atoms with Crippen molar-refractivity contribution in [3.63, 3.8) is 0 Å². The van der Waals surface area contributed by atoms with Crippen LogP contribution in [0.4, 0.5) is 0 Å². The van der Waals surface area contributed by atoms with Crippen LogP contribution in [-0.4, -0.2) is 9.78 Å². The molecule has 2 heterocycles. The Morgan fingerprint density at radius 1 is 1.47 bits per heavy atom. The van der Waals surface area contributed by atoms with Crippen molar-refractivity contribution in [3.05, 3.63) is 41.6 Å². The summed E-state index contributed by atoms with van der Waals surface area (Å²) in [7, 11) is 1.87. The van der Waals surface area contributed by atoms with E-state index in [9.17, 15) is 0 Å². The smallest absolute Gasteiger partial charge is 0.127 e. The molecule has 1 unspecified atom stereocenters. The average Bonchev–Trinajstić information content (AvgIpc) is 2.84. The molecular formula is C11H15N3O. The molecule has 0 bridgehead atoms. The van der Waals surface area contributed by atoms with E-state index in [0.717, 1.165) is 23.6 Å². The summed E-state index contributed by atoms with van der Waals surface area (Å²) in [6.45, 7) is 2.05. The molecular weight excluding hydrogens is 190 g/mol. The van der Waals surface area contributed by atoms with Gasteiger partial charge in [0.15, 0.2) is 0 Å². The number of aryl methyl sites for hydroxylation is 2. The summed E-state index contributed by atoms with van der Waals surface area (Å²) in [5, 5.41) is 4.09. The van der Waals surface area contributed by atoms with Crippen LogP contribution in [0.5, 0.6) is 0 Å². The molecule has 0 aliphatic carbocycles. The summed E-state index contributed by atoms with van der Waals surface area (Å²) in [5.74, 6) is 1.75. The van der Waals surface area contributed by atoms with Gasteiger partial charge < -0.3 is 10.2 Å². The van der Waals surface area contributed by atoms with E-state index >= 15 is 0 Å². The van der Waals surface area contributed by atoms with Gasteiger partial charge in [-0.15, -0.1) is 0 Å². The maximum Gasteiger partial charge on any atom is 0.127 e. The number of rotatable bonds is 3. The first kappa shape index (κ1) is 9.98. The lowest BCUT2D eigenvalue weighted by atomic mass is 10.2. The van der Waals surface area contributed by atoms with Crippen LogP contribution in [0.2, 0.25) is 0 Å². The fourth-order valence-electron chi connectivity index (χ4n) is 1.59. The number of hydrogen-bond donors (Lipinski definition) is 1. The molecule has 0 aliphatic rings. The largest absolute Gasteiger partial charge is 0.464 e. The van der Waals surface area contributed by atoms with Crippen molar-refractivity contribution in [3.8, 4) is 0 Å². The number of furan rings is 1. The maximum absolute atomic E-state index is 6.08. The first-order chi connectivity index (χ1) is 7.22. The second-order valence-electron chi connectivity index (χ2n) is 3.51. The van der Waals surface area contributed by atoms with Gasteiger partial charge in [-0.2, -0.15) is 5.10 Å². The van der Waals surface area contributed by atoms with E-state index in [0.29, 0.717) is 0 Å². The lowest BCUT2D eigenvalue weighted by molar-refractivity contribution is 0.446. The minimum atomic E-state index is -0.238. The molecule has 4 heteroatoms. The topological polar surface area (TPSA) is 57.0 Å². The van der Waals surface area contributed by atoms with Gasteiger partial charge in [0.25, 0.3) is 0 Å². The zero-order valence-electron chi connectivity index (χ0n) is 8.97. The predicted molar refractivity (Wildman–Crippen MR) is 57.3 cm³/mol. The van der Waals surface area contributed by atoms with Gasteiger partial charge in [0.2, 0.25) is 0 Å². The molecule has 0 aliphatic heterocycles. The average molecular weight is 205 g/mol. The molecule has 2 aromatic heterocycles. The quantitative estimate of drug-likeness (QED) is 0.828. The van der Waals surface area contributed by atoms with Gasteiger partial charge in [0, 0.05) is 19.7 Å². The summed E-state index contributed by atoms with van der Waals surface area (Å²) in [5.41, 5.74) is 7.03. The van der Waals surface area contributed by atoms with E-state index in [4.69, 9.17) is 10.2 Å². The standard InChI is InChI=1S/C11H15N3O/c1-3-8-4-5-10(15-8)11(12)9-6-7-13-14(9)2/h4-7,11H,3,12H2,1-2H3. The Morgan fingerprint density at radius 2 is 2.27 bits per heavy atom. The summed E-state index contributed by atoms with van der Waals surface area (Å²) < 4.78 is 7.37. The highest BCUT2D eigenvalue weighted by Gasteiger charge is 2.15. The predicted octanol–water partition coefficient (Wildman–Crippen LogP) is 1.62. The Labute approximate surface area is 88.7 Å². The fourth-order valence-corrected chi connectivity index (χ4v) is 1.59. The molecule has 0 saturated heterocycles. The zero-order valence-corrected chi connectivity index (χ0v) is 8.97. The van der Waals surface area contributed by atoms with Crippen molar-refractivity contribution in [2.75, 3.05) is 0 Å². The maximum atomic E-state index is 6.08. The molecule has 0 saturated carbocycles. The number of aromatic nitrogens is 2. The molecule has 0 fully saturated rings. The van der Waals surface area contributed by atoms with E-state index in [1.165, 1.54) is 0 Å².